The highest BCUT2D eigenvalue weighted by molar-refractivity contribution is 9.10. The first-order chi connectivity index (χ1) is 18.2. The lowest BCUT2D eigenvalue weighted by molar-refractivity contribution is -0.223. The number of benzene rings is 1. The summed E-state index contributed by atoms with van der Waals surface area (Å²) >= 11 is 7.92. The van der Waals surface area contributed by atoms with Gasteiger partial charge in [0, 0.05) is 28.0 Å². The minimum Gasteiger partial charge on any atom is -0.446 e. The van der Waals surface area contributed by atoms with E-state index in [1.54, 1.807) is 6.07 Å². The van der Waals surface area contributed by atoms with Gasteiger partial charge in [-0.05, 0) is 34.1 Å². The molecule has 3 aromatic heterocycles. The smallest absolute Gasteiger partial charge is 0.219 e. The van der Waals surface area contributed by atoms with E-state index >= 15 is 0 Å². The fraction of sp³-hybridized carbons (Fsp3) is 0.304. The van der Waals surface area contributed by atoms with Crippen LogP contribution in [0.2, 0.25) is 0 Å². The van der Waals surface area contributed by atoms with Crippen LogP contribution in [0.1, 0.15) is 11.5 Å². The monoisotopic (exact) mass is 613 g/mol. The van der Waals surface area contributed by atoms with Crippen molar-refractivity contribution in [1.82, 2.24) is 25.0 Å². The van der Waals surface area contributed by atoms with Gasteiger partial charge in [-0.2, -0.15) is 0 Å². The van der Waals surface area contributed by atoms with Crippen molar-refractivity contribution in [2.24, 2.45) is 0 Å². The van der Waals surface area contributed by atoms with Crippen LogP contribution >= 0.6 is 28.6 Å². The van der Waals surface area contributed by atoms with Crippen LogP contribution in [0.25, 0.3) is 11.3 Å². The van der Waals surface area contributed by atoms with Gasteiger partial charge < -0.3 is 24.1 Å². The minimum absolute atomic E-state index is 0.0356. The van der Waals surface area contributed by atoms with Gasteiger partial charge in [0.2, 0.25) is 5.89 Å². The van der Waals surface area contributed by atoms with Crippen LogP contribution in [0, 0.1) is 17.5 Å². The van der Waals surface area contributed by atoms with Crippen molar-refractivity contribution >= 4 is 28.6 Å². The second-order valence-corrected chi connectivity index (χ2v) is 9.79. The Morgan fingerprint density at radius 3 is 2.61 bits per heavy atom. The van der Waals surface area contributed by atoms with Gasteiger partial charge in [-0.3, -0.25) is 4.98 Å². The predicted octanol–water partition coefficient (Wildman–Crippen LogP) is 2.84. The highest BCUT2D eigenvalue weighted by atomic mass is 79.9. The van der Waals surface area contributed by atoms with E-state index in [-0.39, 0.29) is 23.8 Å². The lowest BCUT2D eigenvalue weighted by atomic mass is 9.76. The molecule has 5 rings (SSSR count). The second-order valence-electron chi connectivity index (χ2n) is 8.37. The molecule has 0 bridgehead atoms. The molecule has 1 saturated heterocycles. The highest BCUT2D eigenvalue weighted by Crippen LogP contribution is 2.45. The molecule has 0 unspecified atom stereocenters. The van der Waals surface area contributed by atoms with Crippen molar-refractivity contribution in [3.8, 4) is 11.3 Å². The molecule has 1 fully saturated rings. The summed E-state index contributed by atoms with van der Waals surface area (Å²) in [4.78, 5) is 8.24. The molecular formula is C23H19BrF3N5O5S. The summed E-state index contributed by atoms with van der Waals surface area (Å²) in [5.41, 5.74) is -2.53. The van der Waals surface area contributed by atoms with Crippen molar-refractivity contribution < 1.29 is 37.3 Å². The Kier molecular flexibility index (Phi) is 7.57. The Bertz CT molecular complexity index is 1410. The third kappa shape index (κ3) is 4.63. The fourth-order valence-corrected chi connectivity index (χ4v) is 5.31. The van der Waals surface area contributed by atoms with E-state index in [2.05, 4.69) is 48.8 Å². The van der Waals surface area contributed by atoms with E-state index in [1.165, 1.54) is 35.7 Å². The average Bonchev–Trinajstić information content (AvgIpc) is 3.60. The molecule has 0 saturated carbocycles. The first kappa shape index (κ1) is 26.8. The summed E-state index contributed by atoms with van der Waals surface area (Å²) in [6.45, 7) is -0.752. The van der Waals surface area contributed by atoms with Gasteiger partial charge in [0.05, 0.1) is 19.0 Å². The summed E-state index contributed by atoms with van der Waals surface area (Å²) in [6, 6.07) is 3.20. The van der Waals surface area contributed by atoms with Gasteiger partial charge in [-0.25, -0.2) is 22.8 Å². The van der Waals surface area contributed by atoms with E-state index < -0.39 is 53.3 Å². The zero-order valence-corrected chi connectivity index (χ0v) is 21.6. The molecule has 10 nitrogen and oxygen atoms in total. The van der Waals surface area contributed by atoms with E-state index in [9.17, 15) is 23.4 Å². The predicted molar refractivity (Wildman–Crippen MR) is 130 cm³/mol. The molecule has 0 radical (unpaired) electrons. The molecule has 15 heteroatoms. The molecule has 200 valence electrons. The normalized spacial score (nSPS) is 25.6. The fourth-order valence-electron chi connectivity index (χ4n) is 4.48. The van der Waals surface area contributed by atoms with Crippen LogP contribution in [0.5, 0.6) is 0 Å². The number of ether oxygens (including phenoxy) is 2. The Morgan fingerprint density at radius 2 is 1.95 bits per heavy atom. The van der Waals surface area contributed by atoms with Gasteiger partial charge in [-0.15, -0.1) is 17.7 Å². The Morgan fingerprint density at radius 1 is 1.18 bits per heavy atom. The van der Waals surface area contributed by atoms with Crippen LogP contribution in [0.3, 0.4) is 0 Å². The van der Waals surface area contributed by atoms with Crippen molar-refractivity contribution in [3.63, 3.8) is 0 Å². The summed E-state index contributed by atoms with van der Waals surface area (Å²) in [7, 11) is 0. The number of hydrogen-bond acceptors (Lipinski definition) is 10. The zero-order valence-electron chi connectivity index (χ0n) is 19.2. The number of hydrogen-bond donors (Lipinski definition) is 3. The SMILES string of the molecule is OC[C@@H]1O[C@@H](S)[C@@H](OCc2ncco2)[C@](c2cncc(Br)c2)(n2cc(-c3cc(F)c(F)c(F)c3)nn2)[C@@H]1O. The largest absolute Gasteiger partial charge is 0.446 e. The molecule has 4 aromatic rings. The summed E-state index contributed by atoms with van der Waals surface area (Å²) < 4.78 is 60.4. The van der Waals surface area contributed by atoms with Gasteiger partial charge >= 0.3 is 0 Å². The Balaban J connectivity index is 1.70. The number of aromatic nitrogens is 5. The van der Waals surface area contributed by atoms with Gasteiger partial charge in [0.15, 0.2) is 17.5 Å². The molecule has 38 heavy (non-hydrogen) atoms. The maximum atomic E-state index is 14.0. The number of oxazole rings is 1. The third-order valence-electron chi connectivity index (χ3n) is 6.18. The summed E-state index contributed by atoms with van der Waals surface area (Å²) in [5.74, 6) is -4.22. The molecular weight excluding hydrogens is 595 g/mol. The number of halogens is 4. The Labute approximate surface area is 227 Å². The van der Waals surface area contributed by atoms with Gasteiger partial charge in [0.1, 0.15) is 47.9 Å². The van der Waals surface area contributed by atoms with E-state index in [1.807, 2.05) is 0 Å². The first-order valence-electron chi connectivity index (χ1n) is 11.1. The van der Waals surface area contributed by atoms with Crippen molar-refractivity contribution in [2.75, 3.05) is 6.61 Å². The topological polar surface area (TPSA) is 129 Å². The van der Waals surface area contributed by atoms with Crippen LogP contribution in [-0.4, -0.2) is 65.5 Å². The van der Waals surface area contributed by atoms with Crippen molar-refractivity contribution in [2.45, 2.75) is 35.9 Å². The molecule has 1 aliphatic rings. The van der Waals surface area contributed by atoms with Crippen LogP contribution in [-0.2, 0) is 21.6 Å². The summed E-state index contributed by atoms with van der Waals surface area (Å²) in [6.07, 6.45) is 3.24. The van der Waals surface area contributed by atoms with Crippen LogP contribution in [0.15, 0.2) is 58.1 Å². The number of rotatable bonds is 7. The van der Waals surface area contributed by atoms with Crippen molar-refractivity contribution in [1.29, 1.82) is 0 Å². The van der Waals surface area contributed by atoms with Gasteiger partial charge in [0.25, 0.3) is 0 Å². The van der Waals surface area contributed by atoms with Crippen LogP contribution < -0.4 is 0 Å². The van der Waals surface area contributed by atoms with E-state index in [0.29, 0.717) is 10.0 Å². The van der Waals surface area contributed by atoms with E-state index in [4.69, 9.17) is 13.9 Å². The lowest BCUT2D eigenvalue weighted by Gasteiger charge is -2.51. The van der Waals surface area contributed by atoms with Gasteiger partial charge in [-0.1, -0.05) is 5.21 Å². The average molecular weight is 614 g/mol. The maximum Gasteiger partial charge on any atom is 0.219 e. The molecule has 1 aromatic carbocycles. The van der Waals surface area contributed by atoms with Crippen LogP contribution in [0.4, 0.5) is 13.2 Å². The van der Waals surface area contributed by atoms with E-state index in [0.717, 1.165) is 12.1 Å². The number of thiol groups is 1. The summed E-state index contributed by atoms with van der Waals surface area (Å²) in [5, 5.41) is 29.9. The quantitative estimate of drug-likeness (QED) is 0.213. The second kappa shape index (κ2) is 10.7. The Hall–Kier alpha value is -2.82. The third-order valence-corrected chi connectivity index (χ3v) is 7.01. The molecule has 0 spiro atoms. The number of pyridine rings is 1. The molecule has 0 aliphatic carbocycles. The molecule has 2 N–H and O–H groups in total. The molecule has 4 heterocycles. The first-order valence-corrected chi connectivity index (χ1v) is 12.4. The molecule has 1 aliphatic heterocycles. The molecule has 0 amide bonds. The number of aliphatic hydroxyl groups is 2. The lowest BCUT2D eigenvalue weighted by Crippen LogP contribution is -2.68. The number of nitrogens with zero attached hydrogens (tertiary/aromatic N) is 5. The number of aliphatic hydroxyl groups excluding tert-OH is 2. The molecule has 5 atom stereocenters. The van der Waals surface area contributed by atoms with Crippen molar-refractivity contribution in [3.05, 3.63) is 82.6 Å². The zero-order chi connectivity index (χ0) is 27.0. The maximum absolute atomic E-state index is 14.0. The highest BCUT2D eigenvalue weighted by Gasteiger charge is 2.60. The standard InChI is InChI=1S/C23H19BrF3N5O5S/c24-13-5-12(6-28-7-13)23(32-8-16(30-31-32)11-3-14(25)19(27)15(26)4-11)20(34)17(9-33)37-22(38)21(23)36-10-18-29-1-2-35-18/h1-8,17,20-22,33-34,38H,9-10H2/t17-,20+,21+,22-,23+/m0/s1. The minimum atomic E-state index is -1.70.